The third kappa shape index (κ3) is 6.56. The molecule has 0 radical (unpaired) electrons. The topological polar surface area (TPSA) is 141 Å². The summed E-state index contributed by atoms with van der Waals surface area (Å²) in [4.78, 5) is 13.2. The molecular formula is C27H31N3O9S2. The van der Waals surface area contributed by atoms with Gasteiger partial charge in [-0.25, -0.2) is 16.8 Å². The third-order valence-electron chi connectivity index (χ3n) is 6.31. The molecule has 41 heavy (non-hydrogen) atoms. The van der Waals surface area contributed by atoms with E-state index in [0.29, 0.717) is 5.75 Å². The second kappa shape index (κ2) is 12.8. The summed E-state index contributed by atoms with van der Waals surface area (Å²) in [7, 11) is -4.06. The summed E-state index contributed by atoms with van der Waals surface area (Å²) in [6.45, 7) is 0.223. The lowest BCUT2D eigenvalue weighted by Gasteiger charge is -2.27. The highest BCUT2D eigenvalue weighted by atomic mass is 32.2. The lowest BCUT2D eigenvalue weighted by molar-refractivity contribution is -0.114. The minimum absolute atomic E-state index is 0.0407. The molecule has 1 saturated heterocycles. The first-order valence-electron chi connectivity index (χ1n) is 12.5. The molecule has 0 unspecified atom stereocenters. The molecule has 1 amide bonds. The van der Waals surface area contributed by atoms with E-state index in [0.717, 1.165) is 4.31 Å². The number of hydrogen-bond donors (Lipinski definition) is 1. The first-order chi connectivity index (χ1) is 19.6. The van der Waals surface area contributed by atoms with E-state index in [-0.39, 0.29) is 59.0 Å². The van der Waals surface area contributed by atoms with Gasteiger partial charge < -0.3 is 24.3 Å². The van der Waals surface area contributed by atoms with Crippen LogP contribution < -0.4 is 23.8 Å². The minimum atomic E-state index is -4.25. The van der Waals surface area contributed by atoms with E-state index in [2.05, 4.69) is 5.32 Å². The first kappa shape index (κ1) is 30.1. The fourth-order valence-corrected chi connectivity index (χ4v) is 7.26. The van der Waals surface area contributed by atoms with E-state index in [1.165, 1.54) is 68.1 Å². The summed E-state index contributed by atoms with van der Waals surface area (Å²) in [6, 6.07) is 16.4. The number of methoxy groups -OCH3 is 3. The number of rotatable bonds is 11. The molecule has 0 atom stereocenters. The van der Waals surface area contributed by atoms with Gasteiger partial charge in [-0.3, -0.25) is 9.10 Å². The van der Waals surface area contributed by atoms with Crippen LogP contribution >= 0.6 is 0 Å². The fourth-order valence-electron chi connectivity index (χ4n) is 4.22. The van der Waals surface area contributed by atoms with Gasteiger partial charge in [0.2, 0.25) is 15.9 Å². The van der Waals surface area contributed by atoms with Gasteiger partial charge in [-0.05, 0) is 42.5 Å². The van der Waals surface area contributed by atoms with Crippen molar-refractivity contribution in [2.24, 2.45) is 0 Å². The van der Waals surface area contributed by atoms with Crippen LogP contribution in [0.2, 0.25) is 0 Å². The van der Waals surface area contributed by atoms with Gasteiger partial charge in [0.25, 0.3) is 10.0 Å². The predicted molar refractivity (Wildman–Crippen MR) is 152 cm³/mol. The van der Waals surface area contributed by atoms with Crippen LogP contribution in [0.15, 0.2) is 76.5 Å². The monoisotopic (exact) mass is 605 g/mol. The number of nitrogens with one attached hydrogen (secondary N) is 1. The van der Waals surface area contributed by atoms with Crippen molar-refractivity contribution in [3.8, 4) is 17.2 Å². The number of hydrogen-bond acceptors (Lipinski definition) is 9. The Morgan fingerprint density at radius 1 is 0.878 bits per heavy atom. The molecule has 0 aliphatic carbocycles. The lowest BCUT2D eigenvalue weighted by atomic mass is 10.2. The van der Waals surface area contributed by atoms with Crippen LogP contribution in [0, 0.1) is 0 Å². The SMILES string of the molecule is COc1ccc(OC)c(N(CC(=O)Nc2ccc(OC)c(S(=O)(=O)N3CCOCC3)c2)S(=O)(=O)c2ccccc2)c1. The highest BCUT2D eigenvalue weighted by Gasteiger charge is 2.32. The Morgan fingerprint density at radius 2 is 1.54 bits per heavy atom. The van der Waals surface area contributed by atoms with E-state index in [1.807, 2.05) is 0 Å². The van der Waals surface area contributed by atoms with Gasteiger partial charge in [0.15, 0.2) is 0 Å². The van der Waals surface area contributed by atoms with Crippen molar-refractivity contribution in [3.05, 3.63) is 66.7 Å². The molecule has 0 saturated carbocycles. The second-order valence-electron chi connectivity index (χ2n) is 8.79. The van der Waals surface area contributed by atoms with Crippen molar-refractivity contribution in [3.63, 3.8) is 0 Å². The molecule has 4 rings (SSSR count). The summed E-state index contributed by atoms with van der Waals surface area (Å²) < 4.78 is 77.7. The van der Waals surface area contributed by atoms with Gasteiger partial charge in [0, 0.05) is 24.8 Å². The lowest BCUT2D eigenvalue weighted by Crippen LogP contribution is -2.40. The maximum atomic E-state index is 13.8. The van der Waals surface area contributed by atoms with E-state index in [1.54, 1.807) is 24.3 Å². The maximum Gasteiger partial charge on any atom is 0.264 e. The Hall–Kier alpha value is -3.85. The number of benzene rings is 3. The average Bonchev–Trinajstić information content (AvgIpc) is 3.00. The molecule has 3 aromatic rings. The molecule has 12 nitrogen and oxygen atoms in total. The predicted octanol–water partition coefficient (Wildman–Crippen LogP) is 2.57. The Morgan fingerprint density at radius 3 is 2.17 bits per heavy atom. The van der Waals surface area contributed by atoms with Crippen molar-refractivity contribution < 1.29 is 40.6 Å². The van der Waals surface area contributed by atoms with Gasteiger partial charge in [0.1, 0.15) is 28.7 Å². The highest BCUT2D eigenvalue weighted by molar-refractivity contribution is 7.93. The molecule has 0 spiro atoms. The van der Waals surface area contributed by atoms with Gasteiger partial charge >= 0.3 is 0 Å². The zero-order valence-electron chi connectivity index (χ0n) is 22.8. The molecule has 0 bridgehead atoms. The molecule has 1 aliphatic heterocycles. The molecule has 1 fully saturated rings. The standard InChI is InChI=1S/C27H31N3O9S2/c1-36-21-10-12-24(37-2)23(18-21)30(40(32,33)22-7-5-4-6-8-22)19-27(31)28-20-9-11-25(38-3)26(17-20)41(34,35)29-13-15-39-16-14-29/h4-12,17-18H,13-16,19H2,1-3H3,(H,28,31). The second-order valence-corrected chi connectivity index (χ2v) is 12.6. The Bertz CT molecular complexity index is 1590. The Kier molecular flexibility index (Phi) is 9.38. The number of carbonyl (C=O) groups excluding carboxylic acids is 1. The summed E-state index contributed by atoms with van der Waals surface area (Å²) in [5, 5.41) is 2.62. The third-order valence-corrected chi connectivity index (χ3v) is 10.0. The molecule has 1 N–H and O–H groups in total. The van der Waals surface area contributed by atoms with Gasteiger partial charge in [0.05, 0.1) is 45.1 Å². The molecule has 220 valence electrons. The minimum Gasteiger partial charge on any atom is -0.497 e. The number of carbonyl (C=O) groups is 1. The zero-order valence-corrected chi connectivity index (χ0v) is 24.4. The van der Waals surface area contributed by atoms with Crippen molar-refractivity contribution in [2.75, 3.05) is 63.8 Å². The summed E-state index contributed by atoms with van der Waals surface area (Å²) in [5.41, 5.74) is 0.216. The van der Waals surface area contributed by atoms with Crippen LogP contribution in [-0.2, 0) is 29.6 Å². The van der Waals surface area contributed by atoms with Gasteiger partial charge in [-0.1, -0.05) is 18.2 Å². The summed E-state index contributed by atoms with van der Waals surface area (Å²) in [5.74, 6) is -0.0813. The molecule has 14 heteroatoms. The zero-order chi connectivity index (χ0) is 29.6. The van der Waals surface area contributed by atoms with Crippen LogP contribution in [0.1, 0.15) is 0 Å². The first-order valence-corrected chi connectivity index (χ1v) is 15.4. The summed E-state index contributed by atoms with van der Waals surface area (Å²) >= 11 is 0. The Balaban J connectivity index is 1.69. The Labute approximate surface area is 239 Å². The van der Waals surface area contributed by atoms with Crippen molar-refractivity contribution in [1.82, 2.24) is 4.31 Å². The maximum absolute atomic E-state index is 13.8. The molecule has 1 heterocycles. The van der Waals surface area contributed by atoms with Crippen LogP contribution in [0.25, 0.3) is 0 Å². The van der Waals surface area contributed by atoms with Crippen molar-refractivity contribution in [1.29, 1.82) is 0 Å². The fraction of sp³-hybridized carbons (Fsp3) is 0.296. The quantitative estimate of drug-likeness (QED) is 0.349. The number of anilines is 2. The normalized spacial score (nSPS) is 14.2. The molecule has 0 aromatic heterocycles. The number of ether oxygens (including phenoxy) is 4. The van der Waals surface area contributed by atoms with Crippen LogP contribution in [0.3, 0.4) is 0 Å². The van der Waals surface area contributed by atoms with Crippen LogP contribution in [-0.4, -0.2) is 81.2 Å². The number of sulfonamides is 2. The number of morpholine rings is 1. The van der Waals surface area contributed by atoms with Crippen molar-refractivity contribution >= 4 is 37.3 Å². The van der Waals surface area contributed by atoms with Crippen LogP contribution in [0.4, 0.5) is 11.4 Å². The number of nitrogens with zero attached hydrogens (tertiary/aromatic N) is 2. The summed E-state index contributed by atoms with van der Waals surface area (Å²) in [6.07, 6.45) is 0. The molecule has 1 aliphatic rings. The van der Waals surface area contributed by atoms with E-state index >= 15 is 0 Å². The van der Waals surface area contributed by atoms with E-state index in [9.17, 15) is 21.6 Å². The van der Waals surface area contributed by atoms with E-state index < -0.39 is 32.5 Å². The average molecular weight is 606 g/mol. The van der Waals surface area contributed by atoms with Gasteiger partial charge in [-0.15, -0.1) is 0 Å². The van der Waals surface area contributed by atoms with E-state index in [4.69, 9.17) is 18.9 Å². The molecule has 3 aromatic carbocycles. The molecular weight excluding hydrogens is 574 g/mol. The smallest absolute Gasteiger partial charge is 0.264 e. The van der Waals surface area contributed by atoms with Crippen molar-refractivity contribution in [2.45, 2.75) is 9.79 Å². The number of amides is 1. The van der Waals surface area contributed by atoms with Crippen LogP contribution in [0.5, 0.6) is 17.2 Å². The largest absolute Gasteiger partial charge is 0.497 e. The highest BCUT2D eigenvalue weighted by Crippen LogP contribution is 2.36. The van der Waals surface area contributed by atoms with Gasteiger partial charge in [-0.2, -0.15) is 4.31 Å².